The van der Waals surface area contributed by atoms with Crippen LogP contribution in [0.2, 0.25) is 10.0 Å². The number of aromatic nitrogens is 2. The first-order valence-electron chi connectivity index (χ1n) is 6.25. The van der Waals surface area contributed by atoms with Crippen LogP contribution in [0.3, 0.4) is 0 Å². The summed E-state index contributed by atoms with van der Waals surface area (Å²) in [5.74, 6) is 0. The number of hydrogen-bond donors (Lipinski definition) is 0. The van der Waals surface area contributed by atoms with Crippen LogP contribution in [0.5, 0.6) is 0 Å². The zero-order valence-electron chi connectivity index (χ0n) is 11.5. The Balaban J connectivity index is 2.10. The molecule has 9 heteroatoms. The van der Waals surface area contributed by atoms with E-state index in [0.29, 0.717) is 35.5 Å². The minimum atomic E-state index is -0.0337. The lowest BCUT2D eigenvalue weighted by Gasteiger charge is -2.05. The standard InChI is InChI=1S/C15H3Cl2N5S2/c16-7-1-2-8(10(17)3-7)9(4-18)15-23-13-14(24-15)22-12(6-20)11(5-19)21-13/h1-3H. The number of fused-ring (bicyclic) bond motifs is 1. The predicted molar refractivity (Wildman–Crippen MR) is 92.2 cm³/mol. The van der Waals surface area contributed by atoms with E-state index in [1.54, 1.807) is 18.2 Å². The third kappa shape index (κ3) is 2.94. The fraction of sp³-hybridized carbons (Fsp3) is 0. The van der Waals surface area contributed by atoms with Crippen LogP contribution >= 0.6 is 46.7 Å². The molecule has 0 radical (unpaired) electrons. The first-order chi connectivity index (χ1) is 11.6. The van der Waals surface area contributed by atoms with Crippen LogP contribution < -0.4 is 0 Å². The van der Waals surface area contributed by atoms with E-state index in [4.69, 9.17) is 33.7 Å². The zero-order valence-corrected chi connectivity index (χ0v) is 14.7. The molecule has 0 N–H and O–H groups in total. The van der Waals surface area contributed by atoms with Crippen molar-refractivity contribution in [3.8, 4) is 18.2 Å². The van der Waals surface area contributed by atoms with Gasteiger partial charge in [-0.1, -0.05) is 52.8 Å². The van der Waals surface area contributed by atoms with Crippen molar-refractivity contribution in [2.45, 2.75) is 10.1 Å². The number of nitrogens with zero attached hydrogens (tertiary/aromatic N) is 5. The molecule has 1 aromatic heterocycles. The Labute approximate surface area is 155 Å². The van der Waals surface area contributed by atoms with E-state index < -0.39 is 0 Å². The molecule has 0 atom stereocenters. The van der Waals surface area contributed by atoms with E-state index in [9.17, 15) is 5.26 Å². The van der Waals surface area contributed by atoms with E-state index >= 15 is 0 Å². The third-order valence-corrected chi connectivity index (χ3v) is 5.85. The van der Waals surface area contributed by atoms with E-state index in [1.165, 1.54) is 23.5 Å². The molecule has 24 heavy (non-hydrogen) atoms. The van der Waals surface area contributed by atoms with Crippen molar-refractivity contribution in [2.75, 3.05) is 0 Å². The van der Waals surface area contributed by atoms with Crippen molar-refractivity contribution in [2.24, 2.45) is 0 Å². The second-order valence-corrected chi connectivity index (χ2v) is 7.46. The van der Waals surface area contributed by atoms with Gasteiger partial charge in [-0.2, -0.15) is 15.8 Å². The second-order valence-electron chi connectivity index (χ2n) is 4.36. The van der Waals surface area contributed by atoms with E-state index in [1.807, 2.05) is 12.1 Å². The van der Waals surface area contributed by atoms with Crippen molar-refractivity contribution < 1.29 is 0 Å². The van der Waals surface area contributed by atoms with E-state index in [-0.39, 0.29) is 11.4 Å². The lowest BCUT2D eigenvalue weighted by atomic mass is 10.1. The van der Waals surface area contributed by atoms with Crippen molar-refractivity contribution in [3.05, 3.63) is 49.4 Å². The van der Waals surface area contributed by atoms with Gasteiger partial charge in [0.15, 0.2) is 11.4 Å². The molecule has 0 aliphatic carbocycles. The Morgan fingerprint density at radius 2 is 1.54 bits per heavy atom. The summed E-state index contributed by atoms with van der Waals surface area (Å²) >= 11 is 14.5. The van der Waals surface area contributed by atoms with Crippen molar-refractivity contribution >= 4 is 52.3 Å². The highest BCUT2D eigenvalue weighted by atomic mass is 35.5. The minimum Gasteiger partial charge on any atom is -0.224 e. The molecule has 1 aliphatic rings. The SMILES string of the molecule is N#CC(=C1Sc2nc(C#N)c(C#N)nc2S1)c1ccc(Cl)cc1Cl. The van der Waals surface area contributed by atoms with Crippen LogP contribution in [-0.2, 0) is 0 Å². The molecular weight excluding hydrogens is 385 g/mol. The summed E-state index contributed by atoms with van der Waals surface area (Å²) in [5, 5.41) is 29.4. The Bertz CT molecular complexity index is 983. The number of thioether (sulfide) groups is 2. The molecule has 0 unspecified atom stereocenters. The topological polar surface area (TPSA) is 97.1 Å². The number of rotatable bonds is 1. The summed E-state index contributed by atoms with van der Waals surface area (Å²) < 4.78 is 0.635. The average Bonchev–Trinajstić information content (AvgIpc) is 2.98. The van der Waals surface area contributed by atoms with Gasteiger partial charge in [-0.3, -0.25) is 0 Å². The van der Waals surface area contributed by atoms with Crippen LogP contribution in [-0.4, -0.2) is 9.97 Å². The highest BCUT2D eigenvalue weighted by Crippen LogP contribution is 2.52. The quantitative estimate of drug-likeness (QED) is 0.658. The summed E-state index contributed by atoms with van der Waals surface area (Å²) in [6, 6.07) is 10.7. The Hall–Kier alpha value is -2.21. The molecule has 0 fully saturated rings. The first kappa shape index (κ1) is 16.6. The number of hydrogen-bond acceptors (Lipinski definition) is 7. The molecule has 0 spiro atoms. The van der Waals surface area contributed by atoms with Crippen LogP contribution in [0.1, 0.15) is 17.0 Å². The van der Waals surface area contributed by atoms with Crippen molar-refractivity contribution in [1.82, 2.24) is 9.97 Å². The first-order valence-corrected chi connectivity index (χ1v) is 8.64. The molecule has 3 rings (SSSR count). The molecule has 2 aromatic rings. The van der Waals surface area contributed by atoms with Crippen molar-refractivity contribution in [1.29, 1.82) is 15.8 Å². The largest absolute Gasteiger partial charge is 0.224 e. The zero-order chi connectivity index (χ0) is 17.3. The van der Waals surface area contributed by atoms with E-state index in [0.717, 1.165) is 0 Å². The van der Waals surface area contributed by atoms with Crippen LogP contribution in [0.4, 0.5) is 0 Å². The molecule has 114 valence electrons. The van der Waals surface area contributed by atoms with Gasteiger partial charge in [0.1, 0.15) is 28.3 Å². The minimum absolute atomic E-state index is 0.0337. The number of nitriles is 3. The van der Waals surface area contributed by atoms with Gasteiger partial charge in [-0.15, -0.1) is 0 Å². The Kier molecular flexibility index (Phi) is 4.66. The predicted octanol–water partition coefficient (Wildman–Crippen LogP) is 4.62. The maximum absolute atomic E-state index is 9.54. The maximum atomic E-state index is 9.54. The number of halogens is 2. The highest BCUT2D eigenvalue weighted by molar-refractivity contribution is 8.24. The smallest absolute Gasteiger partial charge is 0.178 e. The second kappa shape index (κ2) is 6.73. The molecule has 0 saturated carbocycles. The van der Waals surface area contributed by atoms with Gasteiger partial charge < -0.3 is 0 Å². The number of benzene rings is 1. The molecule has 0 amide bonds. The Morgan fingerprint density at radius 1 is 0.958 bits per heavy atom. The van der Waals surface area contributed by atoms with Crippen LogP contribution in [0, 0.1) is 34.0 Å². The molecule has 2 heterocycles. The van der Waals surface area contributed by atoms with Crippen molar-refractivity contribution in [3.63, 3.8) is 0 Å². The molecule has 0 saturated heterocycles. The fourth-order valence-electron chi connectivity index (χ4n) is 1.90. The molecule has 1 aliphatic heterocycles. The average molecular weight is 388 g/mol. The summed E-state index contributed by atoms with van der Waals surface area (Å²) in [6.07, 6.45) is 0. The summed E-state index contributed by atoms with van der Waals surface area (Å²) in [4.78, 5) is 8.28. The molecular formula is C15H3Cl2N5S2. The fourth-order valence-corrected chi connectivity index (χ4v) is 4.70. The van der Waals surface area contributed by atoms with Gasteiger partial charge in [0.05, 0.1) is 14.8 Å². The summed E-state index contributed by atoms with van der Waals surface area (Å²) in [6.45, 7) is 0. The van der Waals surface area contributed by atoms with Gasteiger partial charge in [0.2, 0.25) is 0 Å². The maximum Gasteiger partial charge on any atom is 0.178 e. The van der Waals surface area contributed by atoms with Gasteiger partial charge in [0, 0.05) is 10.6 Å². The molecule has 5 nitrogen and oxygen atoms in total. The van der Waals surface area contributed by atoms with Gasteiger partial charge >= 0.3 is 0 Å². The summed E-state index contributed by atoms with van der Waals surface area (Å²) in [5.41, 5.74) is 0.845. The van der Waals surface area contributed by atoms with E-state index in [2.05, 4.69) is 16.0 Å². The number of allylic oxidation sites excluding steroid dienone is 1. The van der Waals surface area contributed by atoms with Gasteiger partial charge in [-0.25, -0.2) is 9.97 Å². The highest BCUT2D eigenvalue weighted by Gasteiger charge is 2.27. The lowest BCUT2D eigenvalue weighted by molar-refractivity contribution is 0.902. The monoisotopic (exact) mass is 387 g/mol. The van der Waals surface area contributed by atoms with Gasteiger partial charge in [0.25, 0.3) is 0 Å². The van der Waals surface area contributed by atoms with Crippen LogP contribution in [0.15, 0.2) is 32.5 Å². The van der Waals surface area contributed by atoms with Gasteiger partial charge in [-0.05, 0) is 12.1 Å². The lowest BCUT2D eigenvalue weighted by Crippen LogP contribution is -1.96. The third-order valence-electron chi connectivity index (χ3n) is 2.94. The summed E-state index contributed by atoms with van der Waals surface area (Å²) in [7, 11) is 0. The normalized spacial score (nSPS) is 12.0. The van der Waals surface area contributed by atoms with Crippen LogP contribution in [0.25, 0.3) is 5.57 Å². The molecule has 0 bridgehead atoms. The molecule has 1 aromatic carbocycles. The Morgan fingerprint density at radius 3 is 2.00 bits per heavy atom.